The zero-order valence-corrected chi connectivity index (χ0v) is 17.7. The van der Waals surface area contributed by atoms with Gasteiger partial charge in [-0.3, -0.25) is 9.48 Å². The average molecular weight is 399 g/mol. The Labute approximate surface area is 176 Å². The van der Waals surface area contributed by atoms with Crippen LogP contribution in [0.1, 0.15) is 27.0 Å². The van der Waals surface area contributed by atoms with Gasteiger partial charge in [0.1, 0.15) is 5.69 Å². The van der Waals surface area contributed by atoms with Gasteiger partial charge in [-0.15, -0.1) is 0 Å². The summed E-state index contributed by atoms with van der Waals surface area (Å²) in [6.07, 6.45) is 5.52. The van der Waals surface area contributed by atoms with Crippen molar-refractivity contribution in [2.45, 2.75) is 20.4 Å². The summed E-state index contributed by atoms with van der Waals surface area (Å²) < 4.78 is 3.51. The number of carbonyl (C=O) groups excluding carboxylic acids is 1. The van der Waals surface area contributed by atoms with E-state index in [0.29, 0.717) is 17.8 Å². The van der Waals surface area contributed by atoms with Gasteiger partial charge in [-0.1, -0.05) is 30.3 Å². The quantitative estimate of drug-likeness (QED) is 0.506. The number of hydrogen-bond acceptors (Lipinski definition) is 3. The van der Waals surface area contributed by atoms with E-state index in [4.69, 9.17) is 5.10 Å². The highest BCUT2D eigenvalue weighted by Gasteiger charge is 2.22. The number of benzene rings is 2. The third-order valence-corrected chi connectivity index (χ3v) is 5.27. The van der Waals surface area contributed by atoms with E-state index in [1.54, 1.807) is 27.5 Å². The van der Waals surface area contributed by atoms with Crippen LogP contribution in [0.5, 0.6) is 0 Å². The Morgan fingerprint density at radius 1 is 1.03 bits per heavy atom. The Kier molecular flexibility index (Phi) is 5.23. The SMILES string of the molecule is Cc1ccc(-c2nn(-c3ccccc3)cc2C(=O)N(C)Cc2cnn(C)c2)cc1C. The first-order valence-corrected chi connectivity index (χ1v) is 9.88. The molecule has 0 saturated carbocycles. The molecular formula is C24H25N5O. The third-order valence-electron chi connectivity index (χ3n) is 5.27. The maximum absolute atomic E-state index is 13.4. The summed E-state index contributed by atoms with van der Waals surface area (Å²) in [4.78, 5) is 15.1. The van der Waals surface area contributed by atoms with Crippen LogP contribution in [-0.4, -0.2) is 37.4 Å². The molecule has 0 atom stereocenters. The fourth-order valence-electron chi connectivity index (χ4n) is 3.45. The second-order valence-corrected chi connectivity index (χ2v) is 7.65. The van der Waals surface area contributed by atoms with Crippen molar-refractivity contribution in [1.29, 1.82) is 0 Å². The lowest BCUT2D eigenvalue weighted by atomic mass is 10.0. The molecule has 0 fully saturated rings. The molecule has 0 bridgehead atoms. The number of rotatable bonds is 5. The van der Waals surface area contributed by atoms with Gasteiger partial charge in [0.25, 0.3) is 5.91 Å². The van der Waals surface area contributed by atoms with E-state index in [-0.39, 0.29) is 5.91 Å². The van der Waals surface area contributed by atoms with Crippen molar-refractivity contribution in [3.05, 3.63) is 89.4 Å². The standard InChI is InChI=1S/C24H25N5O/c1-17-10-11-20(12-18(17)2)23-22(16-29(26-23)21-8-6-5-7-9-21)24(30)27(3)14-19-13-25-28(4)15-19/h5-13,15-16H,14H2,1-4H3. The van der Waals surface area contributed by atoms with Gasteiger partial charge in [0, 0.05) is 44.2 Å². The molecule has 4 rings (SSSR count). The number of amides is 1. The molecule has 0 aliphatic carbocycles. The van der Waals surface area contributed by atoms with Crippen LogP contribution in [0.4, 0.5) is 0 Å². The van der Waals surface area contributed by atoms with E-state index in [2.05, 4.69) is 31.1 Å². The van der Waals surface area contributed by atoms with E-state index in [1.165, 1.54) is 11.1 Å². The molecule has 0 aliphatic rings. The Morgan fingerprint density at radius 2 is 1.80 bits per heavy atom. The first-order valence-electron chi connectivity index (χ1n) is 9.88. The predicted molar refractivity (Wildman–Crippen MR) is 117 cm³/mol. The Morgan fingerprint density at radius 3 is 2.47 bits per heavy atom. The number of nitrogens with zero attached hydrogens (tertiary/aromatic N) is 5. The lowest BCUT2D eigenvalue weighted by Crippen LogP contribution is -2.26. The number of para-hydroxylation sites is 1. The number of carbonyl (C=O) groups is 1. The molecule has 6 nitrogen and oxygen atoms in total. The number of hydrogen-bond donors (Lipinski definition) is 0. The number of aromatic nitrogens is 4. The van der Waals surface area contributed by atoms with Crippen molar-refractivity contribution in [1.82, 2.24) is 24.5 Å². The zero-order chi connectivity index (χ0) is 21.3. The molecule has 0 saturated heterocycles. The van der Waals surface area contributed by atoms with Crippen molar-refractivity contribution in [3.63, 3.8) is 0 Å². The van der Waals surface area contributed by atoms with Crippen LogP contribution in [0, 0.1) is 13.8 Å². The van der Waals surface area contributed by atoms with Crippen LogP contribution >= 0.6 is 0 Å². The molecule has 0 N–H and O–H groups in total. The van der Waals surface area contributed by atoms with Gasteiger partial charge in [-0.05, 0) is 43.2 Å². The second-order valence-electron chi connectivity index (χ2n) is 7.65. The molecule has 0 unspecified atom stereocenters. The fraction of sp³-hybridized carbons (Fsp3) is 0.208. The lowest BCUT2D eigenvalue weighted by Gasteiger charge is -2.16. The first kappa shape index (κ1) is 19.6. The molecule has 0 radical (unpaired) electrons. The monoisotopic (exact) mass is 399 g/mol. The third kappa shape index (κ3) is 3.89. The summed E-state index contributed by atoms with van der Waals surface area (Å²) in [7, 11) is 3.67. The lowest BCUT2D eigenvalue weighted by molar-refractivity contribution is 0.0786. The van der Waals surface area contributed by atoms with Crippen molar-refractivity contribution in [2.24, 2.45) is 7.05 Å². The number of aryl methyl sites for hydroxylation is 3. The Bertz CT molecular complexity index is 1190. The Balaban J connectivity index is 1.75. The second kappa shape index (κ2) is 7.99. The van der Waals surface area contributed by atoms with Gasteiger partial charge in [0.15, 0.2) is 0 Å². The molecule has 30 heavy (non-hydrogen) atoms. The summed E-state index contributed by atoms with van der Waals surface area (Å²) in [6.45, 7) is 4.63. The highest BCUT2D eigenvalue weighted by molar-refractivity contribution is 5.99. The van der Waals surface area contributed by atoms with Gasteiger partial charge < -0.3 is 4.90 Å². The molecular weight excluding hydrogens is 374 g/mol. The molecule has 6 heteroatoms. The van der Waals surface area contributed by atoms with E-state index in [0.717, 1.165) is 16.8 Å². The molecule has 1 amide bonds. The highest BCUT2D eigenvalue weighted by atomic mass is 16.2. The van der Waals surface area contributed by atoms with E-state index < -0.39 is 0 Å². The smallest absolute Gasteiger partial charge is 0.257 e. The van der Waals surface area contributed by atoms with Crippen LogP contribution in [0.2, 0.25) is 0 Å². The molecule has 0 spiro atoms. The molecule has 4 aromatic rings. The van der Waals surface area contributed by atoms with Crippen molar-refractivity contribution in [2.75, 3.05) is 7.05 Å². The topological polar surface area (TPSA) is 56.0 Å². The average Bonchev–Trinajstić information content (AvgIpc) is 3.36. The van der Waals surface area contributed by atoms with Crippen molar-refractivity contribution < 1.29 is 4.79 Å². The summed E-state index contributed by atoms with van der Waals surface area (Å²) in [5.74, 6) is -0.0748. The van der Waals surface area contributed by atoms with Crippen molar-refractivity contribution >= 4 is 5.91 Å². The maximum atomic E-state index is 13.4. The highest BCUT2D eigenvalue weighted by Crippen LogP contribution is 2.27. The summed E-state index contributed by atoms with van der Waals surface area (Å²) in [6, 6.07) is 16.0. The normalized spacial score (nSPS) is 10.9. The van der Waals surface area contributed by atoms with Crippen LogP contribution < -0.4 is 0 Å². The van der Waals surface area contributed by atoms with Gasteiger partial charge >= 0.3 is 0 Å². The molecule has 2 heterocycles. The Hall–Kier alpha value is -3.67. The van der Waals surface area contributed by atoms with E-state index in [1.807, 2.05) is 55.8 Å². The largest absolute Gasteiger partial charge is 0.337 e. The van der Waals surface area contributed by atoms with Crippen molar-refractivity contribution in [3.8, 4) is 16.9 Å². The summed E-state index contributed by atoms with van der Waals surface area (Å²) >= 11 is 0. The minimum Gasteiger partial charge on any atom is -0.337 e. The van der Waals surface area contributed by atoms with E-state index in [9.17, 15) is 4.79 Å². The summed E-state index contributed by atoms with van der Waals surface area (Å²) in [5, 5.41) is 8.98. The minimum atomic E-state index is -0.0748. The predicted octanol–water partition coefficient (Wildman–Crippen LogP) is 4.16. The summed E-state index contributed by atoms with van der Waals surface area (Å²) in [5.41, 5.74) is 6.48. The van der Waals surface area contributed by atoms with Crippen LogP contribution in [-0.2, 0) is 13.6 Å². The van der Waals surface area contributed by atoms with Gasteiger partial charge in [0.05, 0.1) is 17.4 Å². The minimum absolute atomic E-state index is 0.0748. The molecule has 2 aromatic carbocycles. The first-order chi connectivity index (χ1) is 14.4. The molecule has 0 aliphatic heterocycles. The van der Waals surface area contributed by atoms with Crippen LogP contribution in [0.25, 0.3) is 16.9 Å². The van der Waals surface area contributed by atoms with E-state index >= 15 is 0 Å². The maximum Gasteiger partial charge on any atom is 0.257 e. The fourth-order valence-corrected chi connectivity index (χ4v) is 3.45. The van der Waals surface area contributed by atoms with Gasteiger partial charge in [-0.2, -0.15) is 10.2 Å². The zero-order valence-electron chi connectivity index (χ0n) is 17.7. The van der Waals surface area contributed by atoms with Crippen LogP contribution in [0.3, 0.4) is 0 Å². The molecule has 152 valence electrons. The molecule has 2 aromatic heterocycles. The van der Waals surface area contributed by atoms with Crippen LogP contribution in [0.15, 0.2) is 67.1 Å². The van der Waals surface area contributed by atoms with Gasteiger partial charge in [-0.25, -0.2) is 4.68 Å². The van der Waals surface area contributed by atoms with Gasteiger partial charge in [0.2, 0.25) is 0 Å².